The zero-order valence-electron chi connectivity index (χ0n) is 12.2. The van der Waals surface area contributed by atoms with Crippen LogP contribution in [0.1, 0.15) is 18.3 Å². The van der Waals surface area contributed by atoms with Crippen molar-refractivity contribution in [1.82, 2.24) is 19.2 Å². The highest BCUT2D eigenvalue weighted by Gasteiger charge is 2.16. The Morgan fingerprint density at radius 2 is 2.10 bits per heavy atom. The summed E-state index contributed by atoms with van der Waals surface area (Å²) in [7, 11) is 1.66. The van der Waals surface area contributed by atoms with E-state index in [1.807, 2.05) is 40.5 Å². The molecule has 0 atom stereocenters. The van der Waals surface area contributed by atoms with Gasteiger partial charge in [-0.3, -0.25) is 4.68 Å². The van der Waals surface area contributed by atoms with Gasteiger partial charge in [-0.15, -0.1) is 0 Å². The Hall–Kier alpha value is -2.30. The van der Waals surface area contributed by atoms with E-state index in [0.29, 0.717) is 0 Å². The molecule has 0 fully saturated rings. The largest absolute Gasteiger partial charge is 0.493 e. The van der Waals surface area contributed by atoms with Crippen LogP contribution in [0.4, 0.5) is 0 Å². The third kappa shape index (κ3) is 1.78. The van der Waals surface area contributed by atoms with Gasteiger partial charge in [-0.1, -0.05) is 0 Å². The van der Waals surface area contributed by atoms with Crippen molar-refractivity contribution in [1.29, 1.82) is 0 Å². The van der Waals surface area contributed by atoms with Crippen molar-refractivity contribution in [2.45, 2.75) is 27.3 Å². The van der Waals surface area contributed by atoms with Crippen LogP contribution >= 0.6 is 0 Å². The van der Waals surface area contributed by atoms with Gasteiger partial charge in [-0.25, -0.2) is 4.98 Å². The van der Waals surface area contributed by atoms with Crippen molar-refractivity contribution in [3.05, 3.63) is 35.9 Å². The average Bonchev–Trinajstić information content (AvgIpc) is 2.98. The summed E-state index contributed by atoms with van der Waals surface area (Å²) >= 11 is 0. The van der Waals surface area contributed by atoms with E-state index in [2.05, 4.69) is 18.9 Å². The predicted octanol–water partition coefficient (Wildman–Crippen LogP) is 2.84. The van der Waals surface area contributed by atoms with Gasteiger partial charge < -0.3 is 9.14 Å². The molecular weight excluding hydrogens is 252 g/mol. The molecule has 3 aromatic rings. The van der Waals surface area contributed by atoms with Crippen LogP contribution in [0.25, 0.3) is 16.9 Å². The highest BCUT2D eigenvalue weighted by molar-refractivity contribution is 5.69. The number of ether oxygens (including phenoxy) is 1. The second kappa shape index (κ2) is 4.67. The SMILES string of the molecule is CCn1nc(C)c(-c2cn3cccc(OC)c3n2)c1C. The molecule has 0 saturated carbocycles. The minimum absolute atomic E-state index is 0.775. The molecule has 5 nitrogen and oxygen atoms in total. The van der Waals surface area contributed by atoms with Gasteiger partial charge >= 0.3 is 0 Å². The molecular formula is C15H18N4O. The average molecular weight is 270 g/mol. The Kier molecular flexibility index (Phi) is 2.97. The molecule has 0 aliphatic heterocycles. The molecule has 0 aliphatic rings. The van der Waals surface area contributed by atoms with Crippen LogP contribution in [0.5, 0.6) is 5.75 Å². The fourth-order valence-electron chi connectivity index (χ4n) is 2.64. The Labute approximate surface area is 117 Å². The third-order valence-electron chi connectivity index (χ3n) is 3.60. The normalized spacial score (nSPS) is 11.2. The molecule has 3 rings (SSSR count). The summed E-state index contributed by atoms with van der Waals surface area (Å²) in [6, 6.07) is 3.87. The molecule has 0 unspecified atom stereocenters. The highest BCUT2D eigenvalue weighted by atomic mass is 16.5. The first-order valence-electron chi connectivity index (χ1n) is 6.71. The summed E-state index contributed by atoms with van der Waals surface area (Å²) in [6.45, 7) is 7.06. The van der Waals surface area contributed by atoms with Gasteiger partial charge in [0.15, 0.2) is 11.4 Å². The molecule has 0 spiro atoms. The molecule has 5 heteroatoms. The first kappa shape index (κ1) is 12.7. The second-order valence-electron chi connectivity index (χ2n) is 4.80. The smallest absolute Gasteiger partial charge is 0.180 e. The molecule has 0 bridgehead atoms. The van der Waals surface area contributed by atoms with Crippen LogP contribution in [0.15, 0.2) is 24.5 Å². The number of hydrogen-bond acceptors (Lipinski definition) is 3. The number of hydrogen-bond donors (Lipinski definition) is 0. The van der Waals surface area contributed by atoms with Gasteiger partial charge in [0.05, 0.1) is 18.5 Å². The van der Waals surface area contributed by atoms with E-state index in [4.69, 9.17) is 9.72 Å². The monoisotopic (exact) mass is 270 g/mol. The van der Waals surface area contributed by atoms with Crippen molar-refractivity contribution in [2.75, 3.05) is 7.11 Å². The molecule has 0 aromatic carbocycles. The van der Waals surface area contributed by atoms with E-state index in [1.54, 1.807) is 7.11 Å². The predicted molar refractivity (Wildman–Crippen MR) is 78.1 cm³/mol. The Morgan fingerprint density at radius 1 is 1.30 bits per heavy atom. The number of methoxy groups -OCH3 is 1. The molecule has 0 saturated heterocycles. The quantitative estimate of drug-likeness (QED) is 0.735. The molecule has 0 radical (unpaired) electrons. The van der Waals surface area contributed by atoms with E-state index in [0.717, 1.165) is 40.6 Å². The molecule has 0 amide bonds. The zero-order valence-corrected chi connectivity index (χ0v) is 12.2. The lowest BCUT2D eigenvalue weighted by Crippen LogP contribution is -1.98. The van der Waals surface area contributed by atoms with Crippen LogP contribution in [-0.2, 0) is 6.54 Å². The van der Waals surface area contributed by atoms with Gasteiger partial charge in [0, 0.05) is 30.2 Å². The van der Waals surface area contributed by atoms with Gasteiger partial charge in [0.2, 0.25) is 0 Å². The number of aromatic nitrogens is 4. The summed E-state index contributed by atoms with van der Waals surface area (Å²) in [5.41, 5.74) is 5.02. The lowest BCUT2D eigenvalue weighted by Gasteiger charge is -2.00. The van der Waals surface area contributed by atoms with Gasteiger partial charge in [-0.05, 0) is 32.9 Å². The molecule has 3 aromatic heterocycles. The number of fused-ring (bicyclic) bond motifs is 1. The summed E-state index contributed by atoms with van der Waals surface area (Å²) in [5.74, 6) is 0.775. The minimum Gasteiger partial charge on any atom is -0.493 e. The Bertz CT molecular complexity index is 770. The van der Waals surface area contributed by atoms with Crippen molar-refractivity contribution in [3.8, 4) is 17.0 Å². The summed E-state index contributed by atoms with van der Waals surface area (Å²) in [6.07, 6.45) is 4.00. The molecule has 3 heterocycles. The number of imidazole rings is 1. The topological polar surface area (TPSA) is 44.4 Å². The zero-order chi connectivity index (χ0) is 14.3. The van der Waals surface area contributed by atoms with Gasteiger partial charge in [0.25, 0.3) is 0 Å². The molecule has 0 aliphatic carbocycles. The number of nitrogens with zero attached hydrogens (tertiary/aromatic N) is 4. The fraction of sp³-hybridized carbons (Fsp3) is 0.333. The van der Waals surface area contributed by atoms with Crippen LogP contribution in [0, 0.1) is 13.8 Å². The minimum atomic E-state index is 0.775. The molecule has 104 valence electrons. The van der Waals surface area contributed by atoms with Gasteiger partial charge in [0.1, 0.15) is 0 Å². The fourth-order valence-corrected chi connectivity index (χ4v) is 2.64. The lowest BCUT2D eigenvalue weighted by atomic mass is 10.1. The summed E-state index contributed by atoms with van der Waals surface area (Å²) < 4.78 is 9.35. The van der Waals surface area contributed by atoms with E-state index in [-0.39, 0.29) is 0 Å². The number of rotatable bonds is 3. The van der Waals surface area contributed by atoms with Crippen LogP contribution in [0.2, 0.25) is 0 Å². The third-order valence-corrected chi connectivity index (χ3v) is 3.60. The Balaban J connectivity index is 2.23. The lowest BCUT2D eigenvalue weighted by molar-refractivity contribution is 0.417. The molecule has 20 heavy (non-hydrogen) atoms. The maximum atomic E-state index is 5.36. The second-order valence-corrected chi connectivity index (χ2v) is 4.80. The van der Waals surface area contributed by atoms with E-state index >= 15 is 0 Å². The maximum Gasteiger partial charge on any atom is 0.180 e. The van der Waals surface area contributed by atoms with Gasteiger partial charge in [-0.2, -0.15) is 5.10 Å². The van der Waals surface area contributed by atoms with E-state index in [9.17, 15) is 0 Å². The number of pyridine rings is 1. The summed E-state index contributed by atoms with van der Waals surface area (Å²) in [4.78, 5) is 4.71. The highest BCUT2D eigenvalue weighted by Crippen LogP contribution is 2.28. The van der Waals surface area contributed by atoms with E-state index in [1.165, 1.54) is 0 Å². The van der Waals surface area contributed by atoms with Crippen molar-refractivity contribution in [3.63, 3.8) is 0 Å². The van der Waals surface area contributed by atoms with Crippen molar-refractivity contribution < 1.29 is 4.74 Å². The first-order valence-corrected chi connectivity index (χ1v) is 6.71. The van der Waals surface area contributed by atoms with Crippen LogP contribution < -0.4 is 4.74 Å². The standard InChI is InChI=1S/C15H18N4O/c1-5-19-11(3)14(10(2)17-19)12-9-18-8-6-7-13(20-4)15(18)16-12/h6-9H,5H2,1-4H3. The van der Waals surface area contributed by atoms with Crippen molar-refractivity contribution >= 4 is 5.65 Å². The van der Waals surface area contributed by atoms with Crippen LogP contribution in [-0.4, -0.2) is 26.3 Å². The maximum absolute atomic E-state index is 5.36. The Morgan fingerprint density at radius 3 is 2.75 bits per heavy atom. The first-order chi connectivity index (χ1) is 9.65. The van der Waals surface area contributed by atoms with Crippen LogP contribution in [0.3, 0.4) is 0 Å². The molecule has 0 N–H and O–H groups in total. The van der Waals surface area contributed by atoms with Crippen molar-refractivity contribution in [2.24, 2.45) is 0 Å². The summed E-state index contributed by atoms with van der Waals surface area (Å²) in [5, 5.41) is 4.55. The van der Waals surface area contributed by atoms with E-state index < -0.39 is 0 Å². The number of aryl methyl sites for hydroxylation is 2.